The third-order valence-electron chi connectivity index (χ3n) is 4.76. The number of hydrogen-bond acceptors (Lipinski definition) is 8. The van der Waals surface area contributed by atoms with Gasteiger partial charge in [0, 0.05) is 22.4 Å². The highest BCUT2D eigenvalue weighted by Crippen LogP contribution is 2.37. The van der Waals surface area contributed by atoms with Crippen molar-refractivity contribution in [2.45, 2.75) is 43.0 Å². The minimum atomic E-state index is -4.75. The lowest BCUT2D eigenvalue weighted by atomic mass is 10.1. The molecule has 0 aromatic heterocycles. The lowest BCUT2D eigenvalue weighted by Crippen LogP contribution is -2.26. The van der Waals surface area contributed by atoms with E-state index in [9.17, 15) is 25.9 Å². The van der Waals surface area contributed by atoms with Crippen LogP contribution in [0.4, 0.5) is 17.1 Å². The summed E-state index contributed by atoms with van der Waals surface area (Å²) in [6, 6.07) is 9.49. The SMILES string of the molecule is COc1cc(N=Nc2cc(S(=O)(=O)O)c3cccc(S(=O)(=O)O)c3c2)c(C)cc1NC(C)(C)C. The number of nitrogens with zero attached hydrogens (tertiary/aromatic N) is 2. The van der Waals surface area contributed by atoms with Gasteiger partial charge in [-0.3, -0.25) is 9.11 Å². The number of ether oxygens (including phenoxy) is 1. The van der Waals surface area contributed by atoms with E-state index < -0.39 is 30.0 Å². The molecule has 0 spiro atoms. The highest BCUT2D eigenvalue weighted by Gasteiger charge is 2.21. The second kappa shape index (κ2) is 8.95. The van der Waals surface area contributed by atoms with E-state index in [-0.39, 0.29) is 22.0 Å². The summed E-state index contributed by atoms with van der Waals surface area (Å²) in [7, 11) is -7.92. The Labute approximate surface area is 198 Å². The Kier molecular flexibility index (Phi) is 6.73. The predicted octanol–water partition coefficient (Wildman–Crippen LogP) is 5.28. The van der Waals surface area contributed by atoms with Crippen LogP contribution in [0.25, 0.3) is 10.8 Å². The van der Waals surface area contributed by atoms with E-state index in [1.807, 2.05) is 33.8 Å². The largest absolute Gasteiger partial charge is 0.495 e. The van der Waals surface area contributed by atoms with Crippen molar-refractivity contribution in [2.24, 2.45) is 10.2 Å². The van der Waals surface area contributed by atoms with Gasteiger partial charge in [-0.1, -0.05) is 12.1 Å². The Morgan fingerprint density at radius 3 is 2.09 bits per heavy atom. The Balaban J connectivity index is 2.18. The number of nitrogens with one attached hydrogen (secondary N) is 1. The first-order valence-corrected chi connectivity index (χ1v) is 12.9. The van der Waals surface area contributed by atoms with Crippen LogP contribution in [-0.2, 0) is 20.2 Å². The molecule has 3 N–H and O–H groups in total. The lowest BCUT2D eigenvalue weighted by Gasteiger charge is -2.24. The van der Waals surface area contributed by atoms with Crippen molar-refractivity contribution in [2.75, 3.05) is 12.4 Å². The molecule has 0 heterocycles. The molecule has 0 aliphatic rings. The van der Waals surface area contributed by atoms with E-state index in [0.29, 0.717) is 11.4 Å². The van der Waals surface area contributed by atoms with Crippen LogP contribution in [0.15, 0.2) is 62.5 Å². The minimum absolute atomic E-state index is 0.0496. The fraction of sp³-hybridized carbons (Fsp3) is 0.273. The molecule has 0 unspecified atom stereocenters. The standard InChI is InChI=1S/C22H25N3O7S2/c1-13-9-18(23-22(2,3)4)19(32-5)12-17(13)25-24-14-10-16-15(21(11-14)34(29,30)31)7-6-8-20(16)33(26,27)28/h6-12,23H,1-5H3,(H,26,27,28)(H,29,30,31). The van der Waals surface area contributed by atoms with Gasteiger partial charge in [0.15, 0.2) is 0 Å². The minimum Gasteiger partial charge on any atom is -0.495 e. The molecule has 0 saturated carbocycles. The molecule has 0 atom stereocenters. The second-order valence-electron chi connectivity index (χ2n) is 8.66. The Morgan fingerprint density at radius 2 is 1.53 bits per heavy atom. The van der Waals surface area contributed by atoms with Gasteiger partial charge in [-0.15, -0.1) is 0 Å². The predicted molar refractivity (Wildman–Crippen MR) is 129 cm³/mol. The highest BCUT2D eigenvalue weighted by molar-refractivity contribution is 7.86. The summed E-state index contributed by atoms with van der Waals surface area (Å²) < 4.78 is 72.3. The summed E-state index contributed by atoms with van der Waals surface area (Å²) in [4.78, 5) is -1.09. The van der Waals surface area contributed by atoms with Gasteiger partial charge in [-0.2, -0.15) is 27.1 Å². The lowest BCUT2D eigenvalue weighted by molar-refractivity contribution is 0.415. The molecule has 0 aliphatic heterocycles. The maximum Gasteiger partial charge on any atom is 0.295 e. The monoisotopic (exact) mass is 507 g/mol. The van der Waals surface area contributed by atoms with Crippen LogP contribution < -0.4 is 10.1 Å². The summed E-state index contributed by atoms with van der Waals surface area (Å²) >= 11 is 0. The average Bonchev–Trinajstić information content (AvgIpc) is 2.69. The molecule has 182 valence electrons. The van der Waals surface area contributed by atoms with Crippen molar-refractivity contribution < 1.29 is 30.7 Å². The molecular weight excluding hydrogens is 482 g/mol. The van der Waals surface area contributed by atoms with Crippen molar-refractivity contribution in [3.8, 4) is 5.75 Å². The smallest absolute Gasteiger partial charge is 0.295 e. The van der Waals surface area contributed by atoms with Crippen LogP contribution in [0, 0.1) is 6.92 Å². The third-order valence-corrected chi connectivity index (χ3v) is 6.56. The zero-order valence-electron chi connectivity index (χ0n) is 19.2. The Hall–Kier alpha value is -3.06. The van der Waals surface area contributed by atoms with Crippen molar-refractivity contribution in [3.05, 3.63) is 48.0 Å². The van der Waals surface area contributed by atoms with Gasteiger partial charge >= 0.3 is 0 Å². The number of aryl methyl sites for hydroxylation is 1. The summed E-state index contributed by atoms with van der Waals surface area (Å²) in [5.74, 6) is 0.514. The Morgan fingerprint density at radius 1 is 0.882 bits per heavy atom. The topological polar surface area (TPSA) is 155 Å². The van der Waals surface area contributed by atoms with E-state index in [1.165, 1.54) is 25.3 Å². The number of azo groups is 1. The molecule has 0 radical (unpaired) electrons. The molecule has 12 heteroatoms. The first-order chi connectivity index (χ1) is 15.6. The summed E-state index contributed by atoms with van der Waals surface area (Å²) in [6.07, 6.45) is 0. The van der Waals surface area contributed by atoms with Crippen molar-refractivity contribution in [1.29, 1.82) is 0 Å². The van der Waals surface area contributed by atoms with Gasteiger partial charge in [0.1, 0.15) is 15.5 Å². The van der Waals surface area contributed by atoms with E-state index in [4.69, 9.17) is 4.74 Å². The number of methoxy groups -OCH3 is 1. The van der Waals surface area contributed by atoms with Gasteiger partial charge in [0.05, 0.1) is 24.2 Å². The average molecular weight is 508 g/mol. The van der Waals surface area contributed by atoms with E-state index >= 15 is 0 Å². The van der Waals surface area contributed by atoms with E-state index in [2.05, 4.69) is 15.5 Å². The number of rotatable bonds is 6. The second-order valence-corrected chi connectivity index (χ2v) is 11.4. The van der Waals surface area contributed by atoms with Crippen molar-refractivity contribution in [1.82, 2.24) is 0 Å². The molecule has 0 bridgehead atoms. The normalized spacial score (nSPS) is 12.9. The number of anilines is 1. The van der Waals surface area contributed by atoms with E-state index in [0.717, 1.165) is 23.4 Å². The van der Waals surface area contributed by atoms with Crippen LogP contribution >= 0.6 is 0 Å². The first-order valence-electron chi connectivity index (χ1n) is 10.0. The molecule has 34 heavy (non-hydrogen) atoms. The zero-order chi connectivity index (χ0) is 25.5. The summed E-state index contributed by atoms with van der Waals surface area (Å²) in [5, 5.41) is 11.3. The van der Waals surface area contributed by atoms with Crippen molar-refractivity contribution >= 4 is 48.1 Å². The molecule has 10 nitrogen and oxygen atoms in total. The summed E-state index contributed by atoms with van der Waals surface area (Å²) in [6.45, 7) is 7.82. The quantitative estimate of drug-likeness (QED) is 0.301. The molecule has 3 rings (SSSR count). The van der Waals surface area contributed by atoms with Crippen LogP contribution in [0.2, 0.25) is 0 Å². The molecular formula is C22H25N3O7S2. The zero-order valence-corrected chi connectivity index (χ0v) is 20.8. The van der Waals surface area contributed by atoms with Gasteiger partial charge in [0.2, 0.25) is 0 Å². The van der Waals surface area contributed by atoms with Crippen LogP contribution in [0.3, 0.4) is 0 Å². The fourth-order valence-electron chi connectivity index (χ4n) is 3.37. The van der Waals surface area contributed by atoms with Crippen LogP contribution in [0.5, 0.6) is 5.75 Å². The number of benzene rings is 3. The molecule has 3 aromatic rings. The fourth-order valence-corrected chi connectivity index (χ4v) is 4.80. The number of hydrogen-bond donors (Lipinski definition) is 3. The van der Waals surface area contributed by atoms with Crippen molar-refractivity contribution in [3.63, 3.8) is 0 Å². The van der Waals surface area contributed by atoms with Gasteiger partial charge < -0.3 is 10.1 Å². The van der Waals surface area contributed by atoms with Crippen LogP contribution in [0.1, 0.15) is 26.3 Å². The molecule has 3 aromatic carbocycles. The maximum absolute atomic E-state index is 12.0. The van der Waals surface area contributed by atoms with Crippen LogP contribution in [-0.4, -0.2) is 38.6 Å². The summed E-state index contributed by atoms with van der Waals surface area (Å²) in [5.41, 5.74) is 1.65. The van der Waals surface area contributed by atoms with Gasteiger partial charge in [0.25, 0.3) is 20.2 Å². The van der Waals surface area contributed by atoms with Gasteiger partial charge in [-0.25, -0.2) is 0 Å². The highest BCUT2D eigenvalue weighted by atomic mass is 32.2. The molecule has 0 amide bonds. The number of fused-ring (bicyclic) bond motifs is 1. The molecule has 0 saturated heterocycles. The Bertz CT molecular complexity index is 1510. The third kappa shape index (κ3) is 5.70. The van der Waals surface area contributed by atoms with E-state index in [1.54, 1.807) is 6.07 Å². The maximum atomic E-state index is 12.0. The van der Waals surface area contributed by atoms with Gasteiger partial charge in [-0.05, 0) is 57.5 Å². The molecule has 0 aliphatic carbocycles. The molecule has 0 fully saturated rings. The first kappa shape index (κ1) is 25.6.